The molecule has 0 bridgehead atoms. The zero-order chi connectivity index (χ0) is 61.6. The van der Waals surface area contributed by atoms with Crippen molar-refractivity contribution in [2.24, 2.45) is 33.7 Å². The standard InChI is InChI=1S/C57H76N14O12S2/c58-45(73)20-19-39-50(78)69-42(29-46(59)74)53(81)70-43(55(83)71-26-8-14-44(71)54(82)67-38(13-7-25-63-56(61)62)49(77)64-31-47(60)75)32-84-85-57(23-21-36(22-24-57)35-11-5-2-6-12-35)30-48(76)65-40(28-34-15-17-37(72)18-16-34)51(79)68-41(52(80)66-39)27-33-9-3-1-4-10-33/h1-6,9-12,15-18,36,38-44,72H,7-8,13-14,19-32H2,(H2,58,73)(H2,59,74)(H2,60,75)(H,64,77)(H,65,76)(H,66,80)(H,67,82)(H,68,79)(H,69,78)(H,70,81)(H4,61,62,63)/t36?,38-,39+,40+,41+,42+,43+,44+,57?/m1/s1. The first-order chi connectivity index (χ1) is 40.6. The Hall–Kier alpha value is -8.40. The van der Waals surface area contributed by atoms with Gasteiger partial charge in [0.2, 0.25) is 65.0 Å². The SMILES string of the molecule is NC(=O)CC[C@@H]1NC(=O)[C@H](Cc2ccccc2)NC(=O)[C@H](Cc2ccc(O)cc2)NC(=O)CC2(CCC(c3ccccc3)CC2)SSC[C@@H](C(=O)N2CCC[C@H]2C(=O)N[C@H](CCCN=C(N)N)C(=O)NCC(N)=O)NC(=O)[C@H](CC(N)=O)NC1=O. The molecule has 1 saturated carbocycles. The van der Waals surface area contributed by atoms with Gasteiger partial charge >= 0.3 is 0 Å². The average Bonchev–Trinajstić information content (AvgIpc) is 4.06. The van der Waals surface area contributed by atoms with Crippen LogP contribution in [0.2, 0.25) is 0 Å². The van der Waals surface area contributed by atoms with Gasteiger partial charge in [0, 0.05) is 49.3 Å². The Kier molecular flexibility index (Phi) is 24.8. The number of nitrogens with zero attached hydrogens (tertiary/aromatic N) is 2. The second kappa shape index (κ2) is 32.0. The summed E-state index contributed by atoms with van der Waals surface area (Å²) in [5.74, 6) is -9.64. The zero-order valence-electron chi connectivity index (χ0n) is 47.0. The number of phenolic OH excluding ortho intramolecular Hbond substituents is 1. The summed E-state index contributed by atoms with van der Waals surface area (Å²) in [4.78, 5) is 158. The molecule has 28 heteroatoms. The first-order valence-electron chi connectivity index (χ1n) is 28.1. The van der Waals surface area contributed by atoms with Crippen LogP contribution in [-0.2, 0) is 65.6 Å². The van der Waals surface area contributed by atoms with Crippen LogP contribution < -0.4 is 65.9 Å². The number of aliphatic imine (C=N–C) groups is 1. The van der Waals surface area contributed by atoms with Crippen LogP contribution in [0.15, 0.2) is 89.9 Å². The number of aromatic hydroxyl groups is 1. The Morgan fingerprint density at radius 1 is 0.694 bits per heavy atom. The third-order valence-corrected chi connectivity index (χ3v) is 18.2. The van der Waals surface area contributed by atoms with E-state index in [0.29, 0.717) is 43.2 Å². The topological polar surface area (TPSA) is 438 Å². The van der Waals surface area contributed by atoms with E-state index in [4.69, 9.17) is 28.7 Å². The van der Waals surface area contributed by atoms with Crippen LogP contribution >= 0.6 is 21.6 Å². The van der Waals surface area contributed by atoms with Gasteiger partial charge in [-0.15, -0.1) is 0 Å². The highest BCUT2D eigenvalue weighted by Crippen LogP contribution is 2.51. The molecule has 18 N–H and O–H groups in total. The number of carbonyl (C=O) groups is 11. The number of hydrogen-bond donors (Lipinski definition) is 13. The molecule has 3 fully saturated rings. The molecule has 3 aromatic rings. The maximum absolute atomic E-state index is 15.1. The predicted molar refractivity (Wildman–Crippen MR) is 318 cm³/mol. The van der Waals surface area contributed by atoms with E-state index in [-0.39, 0.29) is 75.0 Å². The quantitative estimate of drug-likeness (QED) is 0.0272. The number of nitrogens with one attached hydrogen (secondary N) is 7. The van der Waals surface area contributed by atoms with Crippen molar-refractivity contribution in [2.75, 3.05) is 25.4 Å². The fraction of sp³-hybridized carbons (Fsp3) is 0.474. The van der Waals surface area contributed by atoms with Crippen molar-refractivity contribution in [2.45, 2.75) is 143 Å². The molecule has 3 aliphatic rings. The molecule has 2 saturated heterocycles. The van der Waals surface area contributed by atoms with Crippen LogP contribution in [0.3, 0.4) is 0 Å². The average molecular weight is 1210 g/mol. The van der Waals surface area contributed by atoms with Crippen molar-refractivity contribution in [3.63, 3.8) is 0 Å². The highest BCUT2D eigenvalue weighted by molar-refractivity contribution is 8.77. The van der Waals surface area contributed by atoms with E-state index in [1.807, 2.05) is 30.3 Å². The van der Waals surface area contributed by atoms with Crippen LogP contribution in [0.4, 0.5) is 0 Å². The van der Waals surface area contributed by atoms with E-state index >= 15 is 4.79 Å². The summed E-state index contributed by atoms with van der Waals surface area (Å²) in [7, 11) is 2.48. The molecular formula is C57H76N14O12S2. The minimum absolute atomic E-state index is 0.00672. The van der Waals surface area contributed by atoms with E-state index in [0.717, 1.165) is 16.4 Å². The fourth-order valence-corrected chi connectivity index (χ4v) is 13.8. The lowest BCUT2D eigenvalue weighted by Crippen LogP contribution is -2.61. The number of guanidine groups is 1. The lowest BCUT2D eigenvalue weighted by Gasteiger charge is -2.39. The molecule has 2 heterocycles. The third kappa shape index (κ3) is 20.7. The summed E-state index contributed by atoms with van der Waals surface area (Å²) in [6.07, 6.45) is 0.871. The number of nitrogens with two attached hydrogens (primary N) is 5. The van der Waals surface area contributed by atoms with Crippen molar-refractivity contribution >= 4 is 92.5 Å². The lowest BCUT2D eigenvalue weighted by atomic mass is 9.77. The van der Waals surface area contributed by atoms with Gasteiger partial charge in [0.25, 0.3) is 0 Å². The summed E-state index contributed by atoms with van der Waals surface area (Å²) in [6, 6.07) is 14.4. The minimum atomic E-state index is -1.79. The maximum Gasteiger partial charge on any atom is 0.246 e. The van der Waals surface area contributed by atoms with Gasteiger partial charge in [-0.25, -0.2) is 0 Å². The molecule has 11 amide bonds. The van der Waals surface area contributed by atoms with Crippen molar-refractivity contribution in [1.29, 1.82) is 0 Å². The first kappa shape index (κ1) is 65.7. The lowest BCUT2D eigenvalue weighted by molar-refractivity contribution is -0.142. The number of benzene rings is 3. The number of rotatable bonds is 20. The highest BCUT2D eigenvalue weighted by atomic mass is 33.1. The van der Waals surface area contributed by atoms with Crippen molar-refractivity contribution < 1.29 is 57.8 Å². The van der Waals surface area contributed by atoms with Gasteiger partial charge in [0.05, 0.1) is 13.0 Å². The fourth-order valence-electron chi connectivity index (χ4n) is 10.5. The first-order valence-corrected chi connectivity index (χ1v) is 30.4. The molecule has 0 radical (unpaired) electrons. The number of likely N-dealkylation sites (tertiary alicyclic amines) is 1. The summed E-state index contributed by atoms with van der Waals surface area (Å²) in [5.41, 5.74) is 29.6. The van der Waals surface area contributed by atoms with E-state index < -0.39 is 138 Å². The van der Waals surface area contributed by atoms with Crippen LogP contribution in [0.1, 0.15) is 99.7 Å². The van der Waals surface area contributed by atoms with Crippen LogP contribution in [0, 0.1) is 0 Å². The van der Waals surface area contributed by atoms with E-state index in [1.165, 1.54) is 27.8 Å². The number of phenols is 1. The Morgan fingerprint density at radius 2 is 1.28 bits per heavy atom. The van der Waals surface area contributed by atoms with Crippen LogP contribution in [-0.4, -0.2) is 153 Å². The zero-order valence-corrected chi connectivity index (χ0v) is 48.6. The number of amides is 11. The molecule has 458 valence electrons. The third-order valence-electron chi connectivity index (χ3n) is 14.9. The number of hydrogen-bond acceptors (Lipinski definition) is 15. The van der Waals surface area contributed by atoms with E-state index in [2.05, 4.69) is 42.2 Å². The summed E-state index contributed by atoms with van der Waals surface area (Å²) >= 11 is 0. The molecule has 6 rings (SSSR count). The van der Waals surface area contributed by atoms with Crippen molar-refractivity contribution in [1.82, 2.24) is 42.1 Å². The van der Waals surface area contributed by atoms with Crippen LogP contribution in [0.5, 0.6) is 5.75 Å². The molecule has 3 aromatic carbocycles. The van der Waals surface area contributed by atoms with Crippen molar-refractivity contribution in [3.8, 4) is 5.75 Å². The Labute approximate surface area is 499 Å². The molecule has 0 unspecified atom stereocenters. The summed E-state index contributed by atoms with van der Waals surface area (Å²) in [6.45, 7) is -0.421. The molecule has 1 spiro atoms. The van der Waals surface area contributed by atoms with Gasteiger partial charge in [-0.05, 0) is 92.5 Å². The molecule has 2 aliphatic heterocycles. The van der Waals surface area contributed by atoms with Crippen molar-refractivity contribution in [3.05, 3.63) is 102 Å². The van der Waals surface area contributed by atoms with Gasteiger partial charge in [-0.1, -0.05) is 94.4 Å². The second-order valence-electron chi connectivity index (χ2n) is 21.4. The highest BCUT2D eigenvalue weighted by Gasteiger charge is 2.43. The molecule has 1 aliphatic carbocycles. The van der Waals surface area contributed by atoms with Gasteiger partial charge in [0.15, 0.2) is 5.96 Å². The van der Waals surface area contributed by atoms with E-state index in [9.17, 15) is 53.1 Å². The smallest absolute Gasteiger partial charge is 0.246 e. The van der Waals surface area contributed by atoms with E-state index in [1.54, 1.807) is 42.5 Å². The molecule has 26 nitrogen and oxygen atoms in total. The summed E-state index contributed by atoms with van der Waals surface area (Å²) < 4.78 is -0.850. The molecule has 85 heavy (non-hydrogen) atoms. The van der Waals surface area contributed by atoms with Crippen LogP contribution in [0.25, 0.3) is 0 Å². The second-order valence-corrected chi connectivity index (χ2v) is 24.2. The van der Waals surface area contributed by atoms with Gasteiger partial charge < -0.3 is 75.9 Å². The molecule has 7 atom stereocenters. The number of carbonyl (C=O) groups excluding carboxylic acids is 11. The largest absolute Gasteiger partial charge is 0.508 e. The maximum atomic E-state index is 15.1. The van der Waals surface area contributed by atoms with Gasteiger partial charge in [-0.2, -0.15) is 0 Å². The number of primary amides is 3. The molecular weight excluding hydrogens is 1140 g/mol. The minimum Gasteiger partial charge on any atom is -0.508 e. The Balaban J connectivity index is 1.39. The Morgan fingerprint density at radius 3 is 1.91 bits per heavy atom. The predicted octanol–water partition coefficient (Wildman–Crippen LogP) is -1.25. The Bertz CT molecular complexity index is 2890. The summed E-state index contributed by atoms with van der Waals surface area (Å²) in [5, 5.41) is 28.7. The monoisotopic (exact) mass is 1210 g/mol. The van der Waals surface area contributed by atoms with Gasteiger partial charge in [0.1, 0.15) is 48.0 Å². The van der Waals surface area contributed by atoms with Gasteiger partial charge in [-0.3, -0.25) is 57.7 Å². The molecule has 0 aromatic heterocycles. The normalized spacial score (nSPS) is 24.0.